The van der Waals surface area contributed by atoms with E-state index in [-0.39, 0.29) is 48.8 Å². The molecule has 7 nitrogen and oxygen atoms in total. The van der Waals surface area contributed by atoms with E-state index in [1.807, 2.05) is 0 Å². The topological polar surface area (TPSA) is 136 Å². The number of carboxylic acids is 1. The van der Waals surface area contributed by atoms with Crippen molar-refractivity contribution >= 4 is 17.9 Å². The van der Waals surface area contributed by atoms with Gasteiger partial charge in [0.2, 0.25) is 0 Å². The van der Waals surface area contributed by atoms with Gasteiger partial charge in [-0.1, -0.05) is 0 Å². The molecule has 4 N–H and O–H groups in total. The first-order valence-electron chi connectivity index (χ1n) is 4.87. The minimum absolute atomic E-state index is 0. The average Bonchev–Trinajstić information content (AvgIpc) is 2.22. The molecular weight excluding hydrogens is 239 g/mol. The van der Waals surface area contributed by atoms with Gasteiger partial charge in [0.05, 0.1) is 5.97 Å². The summed E-state index contributed by atoms with van der Waals surface area (Å²) in [5.74, 6) is -2.90. The van der Waals surface area contributed by atoms with Gasteiger partial charge in [-0.25, -0.2) is 0 Å². The smallest absolute Gasteiger partial charge is 0.548 e. The van der Waals surface area contributed by atoms with E-state index < -0.39 is 23.9 Å². The molecule has 0 aliphatic carbocycles. The zero-order valence-corrected chi connectivity index (χ0v) is 11.8. The van der Waals surface area contributed by atoms with Crippen molar-refractivity contribution in [3.8, 4) is 0 Å². The van der Waals surface area contributed by atoms with Crippen LogP contribution in [-0.2, 0) is 19.1 Å². The summed E-state index contributed by atoms with van der Waals surface area (Å²) in [4.78, 5) is 32.1. The zero-order chi connectivity index (χ0) is 12.6. The summed E-state index contributed by atoms with van der Waals surface area (Å²) in [6.07, 6.45) is 0.147. The predicted molar refractivity (Wildman–Crippen MR) is 51.6 cm³/mol. The second-order valence-electron chi connectivity index (χ2n) is 3.20. The Balaban J connectivity index is 0. The van der Waals surface area contributed by atoms with Gasteiger partial charge in [0.25, 0.3) is 0 Å². The molecule has 0 aromatic heterocycles. The van der Waals surface area contributed by atoms with Gasteiger partial charge in [-0.3, -0.25) is 9.59 Å². The summed E-state index contributed by atoms with van der Waals surface area (Å²) >= 11 is 0. The number of carbonyl (C=O) groups is 3. The summed E-state index contributed by atoms with van der Waals surface area (Å²) in [6.45, 7) is 0.332. The van der Waals surface area contributed by atoms with Crippen molar-refractivity contribution in [1.29, 1.82) is 0 Å². The molecule has 17 heavy (non-hydrogen) atoms. The van der Waals surface area contributed by atoms with E-state index in [9.17, 15) is 19.5 Å². The number of carboxylic acid groups (broad SMARTS) is 1. The molecule has 0 saturated heterocycles. The quantitative estimate of drug-likeness (QED) is 0.263. The molecule has 0 spiro atoms. The molecule has 0 bridgehead atoms. The molecule has 0 rings (SSSR count). The van der Waals surface area contributed by atoms with Gasteiger partial charge in [0, 0.05) is 18.9 Å². The Labute approximate surface area is 121 Å². The fraction of sp³-hybridized carbons (Fsp3) is 0.667. The number of rotatable bonds is 7. The number of hydrogen-bond acceptors (Lipinski definition) is 7. The largest absolute Gasteiger partial charge is 1.00 e. The Morgan fingerprint density at radius 1 is 1.18 bits per heavy atom. The van der Waals surface area contributed by atoms with Crippen LogP contribution in [0.4, 0.5) is 0 Å². The monoisotopic (exact) mass is 254 g/mol. The fourth-order valence-corrected chi connectivity index (χ4v) is 0.867. The number of hydrogen-bond donors (Lipinski definition) is 2. The molecule has 1 atom stereocenters. The molecule has 92 valence electrons. The molecule has 0 saturated carbocycles. The van der Waals surface area contributed by atoms with E-state index in [0.717, 1.165) is 0 Å². The van der Waals surface area contributed by atoms with E-state index >= 15 is 0 Å². The zero-order valence-electron chi connectivity index (χ0n) is 9.81. The number of carbonyl (C=O) groups excluding carboxylic acids is 3. The van der Waals surface area contributed by atoms with E-state index in [0.29, 0.717) is 13.0 Å². The molecule has 0 unspecified atom stereocenters. The minimum atomic E-state index is -1.44. The average molecular weight is 254 g/mol. The third-order valence-corrected chi connectivity index (χ3v) is 1.77. The summed E-state index contributed by atoms with van der Waals surface area (Å²) in [6, 6.07) is -1.23. The second kappa shape index (κ2) is 10.7. The van der Waals surface area contributed by atoms with Crippen LogP contribution in [0.2, 0.25) is 0 Å². The van der Waals surface area contributed by atoms with Gasteiger partial charge >= 0.3 is 41.5 Å². The van der Waals surface area contributed by atoms with Crippen LogP contribution in [0.25, 0.3) is 0 Å². The molecule has 8 heteroatoms. The van der Waals surface area contributed by atoms with Crippen molar-refractivity contribution in [1.82, 2.24) is 0 Å². The molecule has 0 aromatic carbocycles. The van der Waals surface area contributed by atoms with Crippen LogP contribution in [0, 0.1) is 0 Å². The first-order valence-corrected chi connectivity index (χ1v) is 4.87. The van der Waals surface area contributed by atoms with Crippen LogP contribution in [0.3, 0.4) is 0 Å². The van der Waals surface area contributed by atoms with Crippen LogP contribution in [0.15, 0.2) is 0 Å². The van der Waals surface area contributed by atoms with Crippen molar-refractivity contribution in [2.45, 2.75) is 31.7 Å². The van der Waals surface area contributed by atoms with Gasteiger partial charge in [0.1, 0.15) is 0 Å². The number of ether oxygens (including phenoxy) is 1. The Morgan fingerprint density at radius 3 is 2.18 bits per heavy atom. The predicted octanol–water partition coefficient (Wildman–Crippen LogP) is -5.34. The van der Waals surface area contributed by atoms with Crippen LogP contribution in [0.1, 0.15) is 25.7 Å². The van der Waals surface area contributed by atoms with E-state index in [1.165, 1.54) is 0 Å². The number of nitrogens with two attached hydrogens (primary N) is 2. The first-order chi connectivity index (χ1) is 7.47. The normalized spacial score (nSPS) is 11.2. The SMILES string of the molecule is NCCCC(=O)OC(=O)CC[C@H](N)C(=O)[O-].[Na+]. The number of esters is 2. The maximum atomic E-state index is 11.0. The van der Waals surface area contributed by atoms with Crippen molar-refractivity contribution in [2.75, 3.05) is 6.54 Å². The van der Waals surface area contributed by atoms with Crippen LogP contribution in [0.5, 0.6) is 0 Å². The minimum Gasteiger partial charge on any atom is -0.548 e. The van der Waals surface area contributed by atoms with E-state index in [4.69, 9.17) is 11.5 Å². The molecule has 0 aromatic rings. The Hall–Kier alpha value is -0.470. The van der Waals surface area contributed by atoms with Gasteiger partial charge in [-0.05, 0) is 19.4 Å². The maximum absolute atomic E-state index is 11.0. The second-order valence-corrected chi connectivity index (χ2v) is 3.20. The molecule has 0 radical (unpaired) electrons. The van der Waals surface area contributed by atoms with Crippen molar-refractivity contribution in [3.63, 3.8) is 0 Å². The van der Waals surface area contributed by atoms with Gasteiger partial charge in [-0.15, -0.1) is 0 Å². The van der Waals surface area contributed by atoms with Crippen molar-refractivity contribution < 1.29 is 53.8 Å². The summed E-state index contributed by atoms with van der Waals surface area (Å²) in [5.41, 5.74) is 10.3. The molecular formula is C9H15N2NaO5. The first kappa shape index (κ1) is 18.9. The molecule has 0 heterocycles. The standard InChI is InChI=1S/C9H16N2O5.Na/c10-5-1-2-7(12)16-8(13)4-3-6(11)9(14)15;/h6H,1-5,10-11H2,(H,14,15);/q;+1/p-1/t6-;/m0./s1. The van der Waals surface area contributed by atoms with E-state index in [1.54, 1.807) is 0 Å². The molecule has 0 amide bonds. The Morgan fingerprint density at radius 2 is 1.71 bits per heavy atom. The Kier molecular flexibility index (Phi) is 11.9. The van der Waals surface area contributed by atoms with E-state index in [2.05, 4.69) is 4.74 Å². The van der Waals surface area contributed by atoms with Crippen molar-refractivity contribution in [2.24, 2.45) is 11.5 Å². The summed E-state index contributed by atoms with van der Waals surface area (Å²) < 4.78 is 4.38. The van der Waals surface area contributed by atoms with Crippen LogP contribution >= 0.6 is 0 Å². The third-order valence-electron chi connectivity index (χ3n) is 1.77. The van der Waals surface area contributed by atoms with Crippen molar-refractivity contribution in [3.05, 3.63) is 0 Å². The maximum Gasteiger partial charge on any atom is 1.00 e. The number of aliphatic carboxylic acids is 1. The van der Waals surface area contributed by atoms with Gasteiger partial charge < -0.3 is 26.1 Å². The fourth-order valence-electron chi connectivity index (χ4n) is 0.867. The Bertz CT molecular complexity index is 272. The molecule has 0 aliphatic rings. The van der Waals surface area contributed by atoms with Crippen LogP contribution in [-0.4, -0.2) is 30.5 Å². The van der Waals surface area contributed by atoms with Gasteiger partial charge in [0.15, 0.2) is 0 Å². The molecule has 0 fully saturated rings. The van der Waals surface area contributed by atoms with Gasteiger partial charge in [-0.2, -0.15) is 0 Å². The van der Waals surface area contributed by atoms with Crippen LogP contribution < -0.4 is 46.1 Å². The summed E-state index contributed by atoms with van der Waals surface area (Å²) in [7, 11) is 0. The summed E-state index contributed by atoms with van der Waals surface area (Å²) in [5, 5.41) is 10.2. The third kappa shape index (κ3) is 10.4. The molecule has 0 aliphatic heterocycles.